The van der Waals surface area contributed by atoms with E-state index in [2.05, 4.69) is 33.2 Å². The Morgan fingerprint density at radius 3 is 2.46 bits per heavy atom. The zero-order chi connectivity index (χ0) is 18.7. The molecule has 26 heavy (non-hydrogen) atoms. The molecule has 1 aromatic heterocycles. The lowest BCUT2D eigenvalue weighted by molar-refractivity contribution is 0.102. The lowest BCUT2D eigenvalue weighted by Gasteiger charge is -2.29. The van der Waals surface area contributed by atoms with Crippen LogP contribution in [0.1, 0.15) is 30.1 Å². The van der Waals surface area contributed by atoms with Crippen molar-refractivity contribution in [3.8, 4) is 0 Å². The van der Waals surface area contributed by atoms with E-state index in [0.29, 0.717) is 34.7 Å². The first-order chi connectivity index (χ1) is 12.4. The Kier molecular flexibility index (Phi) is 5.74. The minimum absolute atomic E-state index is 0.245. The first kappa shape index (κ1) is 19.0. The number of rotatable bonds is 4. The fourth-order valence-electron chi connectivity index (χ4n) is 2.82. The molecule has 0 bridgehead atoms. The third kappa shape index (κ3) is 4.31. The van der Waals surface area contributed by atoms with Crippen molar-refractivity contribution in [2.45, 2.75) is 24.7 Å². The molecule has 1 amide bonds. The van der Waals surface area contributed by atoms with Gasteiger partial charge in [-0.25, -0.2) is 8.42 Å². The number of sulfonamides is 1. The van der Waals surface area contributed by atoms with Gasteiger partial charge in [0, 0.05) is 35.6 Å². The van der Waals surface area contributed by atoms with Crippen LogP contribution < -0.4 is 5.32 Å². The number of carbonyl (C=O) groups excluding carboxylic acids is 1. The maximum atomic E-state index is 12.7. The third-order valence-electron chi connectivity index (χ3n) is 4.46. The smallest absolute Gasteiger partial charge is 0.257 e. The van der Waals surface area contributed by atoms with Crippen molar-refractivity contribution in [1.29, 1.82) is 0 Å². The Labute approximate surface area is 161 Å². The van der Waals surface area contributed by atoms with E-state index in [-0.39, 0.29) is 10.8 Å². The van der Waals surface area contributed by atoms with Crippen LogP contribution in [-0.4, -0.2) is 36.7 Å². The molecule has 2 aromatic rings. The van der Waals surface area contributed by atoms with E-state index in [4.69, 9.17) is 0 Å². The Bertz CT molecular complexity index is 892. The summed E-state index contributed by atoms with van der Waals surface area (Å²) in [6.07, 6.45) is 4.83. The summed E-state index contributed by atoms with van der Waals surface area (Å²) < 4.78 is 27.7. The molecule has 0 unspecified atom stereocenters. The molecule has 1 N–H and O–H groups in total. The summed E-state index contributed by atoms with van der Waals surface area (Å²) in [5.41, 5.74) is 0.944. The highest BCUT2D eigenvalue weighted by Crippen LogP contribution is 2.24. The Balaban J connectivity index is 1.71. The van der Waals surface area contributed by atoms with Gasteiger partial charge in [0.1, 0.15) is 0 Å². The van der Waals surface area contributed by atoms with Gasteiger partial charge in [0.15, 0.2) is 0 Å². The number of pyridine rings is 1. The number of nitrogens with one attached hydrogen (secondary N) is 1. The topological polar surface area (TPSA) is 79.4 Å². The van der Waals surface area contributed by atoms with Crippen LogP contribution in [0, 0.1) is 5.92 Å². The summed E-state index contributed by atoms with van der Waals surface area (Å²) in [4.78, 5) is 16.4. The molecule has 6 nitrogen and oxygen atoms in total. The van der Waals surface area contributed by atoms with Crippen molar-refractivity contribution in [3.05, 3.63) is 52.8 Å². The molecule has 0 aliphatic carbocycles. The van der Waals surface area contributed by atoms with Gasteiger partial charge in [0.2, 0.25) is 10.0 Å². The number of nitrogens with zero attached hydrogens (tertiary/aromatic N) is 2. The summed E-state index contributed by atoms with van der Waals surface area (Å²) in [5, 5.41) is 2.74. The summed E-state index contributed by atoms with van der Waals surface area (Å²) in [7, 11) is -3.48. The summed E-state index contributed by atoms with van der Waals surface area (Å²) in [6.45, 7) is 3.25. The maximum absolute atomic E-state index is 12.7. The van der Waals surface area contributed by atoms with Crippen molar-refractivity contribution < 1.29 is 13.2 Å². The van der Waals surface area contributed by atoms with Gasteiger partial charge in [-0.15, -0.1) is 0 Å². The fourth-order valence-corrected chi connectivity index (χ4v) is 4.66. The Morgan fingerprint density at radius 2 is 1.85 bits per heavy atom. The van der Waals surface area contributed by atoms with E-state index in [9.17, 15) is 13.2 Å². The number of halogens is 1. The van der Waals surface area contributed by atoms with Crippen LogP contribution in [0.3, 0.4) is 0 Å². The van der Waals surface area contributed by atoms with Crippen LogP contribution in [-0.2, 0) is 10.0 Å². The molecule has 2 heterocycles. The number of hydrogen-bond donors (Lipinski definition) is 1. The highest BCUT2D eigenvalue weighted by molar-refractivity contribution is 9.10. The van der Waals surface area contributed by atoms with Crippen molar-refractivity contribution >= 4 is 37.5 Å². The zero-order valence-electron chi connectivity index (χ0n) is 14.4. The summed E-state index contributed by atoms with van der Waals surface area (Å²) in [6, 6.07) is 7.92. The standard InChI is InChI=1S/C18H20BrN3O3S/c1-13-6-8-22(9-7-13)26(24,25)17-4-2-16(3-5-17)21-18(23)14-10-15(19)12-20-11-14/h2-5,10-13H,6-9H2,1H3,(H,21,23). The van der Waals surface area contributed by atoms with E-state index < -0.39 is 10.0 Å². The molecule has 0 radical (unpaired) electrons. The van der Waals surface area contributed by atoms with Gasteiger partial charge in [0.25, 0.3) is 5.91 Å². The third-order valence-corrected chi connectivity index (χ3v) is 6.81. The minimum atomic E-state index is -3.48. The molecule has 0 spiro atoms. The SMILES string of the molecule is CC1CCN(S(=O)(=O)c2ccc(NC(=O)c3cncc(Br)c3)cc2)CC1. The largest absolute Gasteiger partial charge is 0.322 e. The second-order valence-corrected chi connectivity index (χ2v) is 9.31. The zero-order valence-corrected chi connectivity index (χ0v) is 16.8. The van der Waals surface area contributed by atoms with Crippen LogP contribution in [0.25, 0.3) is 0 Å². The average molecular weight is 438 g/mol. The van der Waals surface area contributed by atoms with Gasteiger partial charge < -0.3 is 5.32 Å². The summed E-state index contributed by atoms with van der Waals surface area (Å²) >= 11 is 3.27. The first-order valence-corrected chi connectivity index (χ1v) is 10.6. The van der Waals surface area contributed by atoms with Gasteiger partial charge in [-0.1, -0.05) is 6.92 Å². The normalized spacial score (nSPS) is 16.4. The van der Waals surface area contributed by atoms with Gasteiger partial charge in [-0.2, -0.15) is 4.31 Å². The molecular formula is C18H20BrN3O3S. The number of piperidine rings is 1. The van der Waals surface area contributed by atoms with Gasteiger partial charge in [-0.3, -0.25) is 9.78 Å². The van der Waals surface area contributed by atoms with E-state index in [1.807, 2.05) is 0 Å². The van der Waals surface area contributed by atoms with E-state index in [1.54, 1.807) is 24.4 Å². The molecular weight excluding hydrogens is 418 g/mol. The fraction of sp³-hybridized carbons (Fsp3) is 0.333. The molecule has 138 valence electrons. The molecule has 3 rings (SSSR count). The highest BCUT2D eigenvalue weighted by atomic mass is 79.9. The van der Waals surface area contributed by atoms with Gasteiger partial charge in [0.05, 0.1) is 10.5 Å². The second-order valence-electron chi connectivity index (χ2n) is 6.46. The van der Waals surface area contributed by atoms with Crippen LogP contribution >= 0.6 is 15.9 Å². The van der Waals surface area contributed by atoms with Gasteiger partial charge >= 0.3 is 0 Å². The molecule has 1 aromatic carbocycles. The summed E-state index contributed by atoms with van der Waals surface area (Å²) in [5.74, 6) is 0.256. The lowest BCUT2D eigenvalue weighted by Crippen LogP contribution is -2.37. The molecule has 1 aliphatic heterocycles. The van der Waals surface area contributed by atoms with Crippen molar-refractivity contribution in [1.82, 2.24) is 9.29 Å². The van der Waals surface area contributed by atoms with Crippen molar-refractivity contribution in [2.24, 2.45) is 5.92 Å². The molecule has 1 saturated heterocycles. The highest BCUT2D eigenvalue weighted by Gasteiger charge is 2.27. The van der Waals surface area contributed by atoms with Crippen LogP contribution in [0.15, 0.2) is 52.1 Å². The maximum Gasteiger partial charge on any atom is 0.257 e. The van der Waals surface area contributed by atoms with Crippen LogP contribution in [0.2, 0.25) is 0 Å². The number of benzene rings is 1. The number of aromatic nitrogens is 1. The van der Waals surface area contributed by atoms with Crippen LogP contribution in [0.5, 0.6) is 0 Å². The monoisotopic (exact) mass is 437 g/mol. The molecule has 1 aliphatic rings. The minimum Gasteiger partial charge on any atom is -0.322 e. The predicted octanol–water partition coefficient (Wildman–Crippen LogP) is 3.52. The number of hydrogen-bond acceptors (Lipinski definition) is 4. The Hall–Kier alpha value is -1.77. The molecule has 1 fully saturated rings. The lowest BCUT2D eigenvalue weighted by atomic mass is 10.0. The number of carbonyl (C=O) groups is 1. The Morgan fingerprint density at radius 1 is 1.19 bits per heavy atom. The molecule has 0 saturated carbocycles. The van der Waals surface area contributed by atoms with Crippen molar-refractivity contribution in [2.75, 3.05) is 18.4 Å². The quantitative estimate of drug-likeness (QED) is 0.793. The number of anilines is 1. The van der Waals surface area contributed by atoms with E-state index in [1.165, 1.54) is 22.6 Å². The van der Waals surface area contributed by atoms with E-state index >= 15 is 0 Å². The number of amides is 1. The van der Waals surface area contributed by atoms with Crippen molar-refractivity contribution in [3.63, 3.8) is 0 Å². The first-order valence-electron chi connectivity index (χ1n) is 8.38. The average Bonchev–Trinajstić information content (AvgIpc) is 2.62. The van der Waals surface area contributed by atoms with E-state index in [0.717, 1.165) is 12.8 Å². The van der Waals surface area contributed by atoms with Crippen LogP contribution in [0.4, 0.5) is 5.69 Å². The predicted molar refractivity (Wildman–Crippen MR) is 103 cm³/mol. The second kappa shape index (κ2) is 7.85. The van der Waals surface area contributed by atoms with Gasteiger partial charge in [-0.05, 0) is 65.0 Å². The molecule has 0 atom stereocenters. The molecule has 8 heteroatoms.